The second-order valence-electron chi connectivity index (χ2n) is 7.16. The van der Waals surface area contributed by atoms with Crippen LogP contribution in [-0.2, 0) is 15.4 Å². The van der Waals surface area contributed by atoms with E-state index in [0.717, 1.165) is 5.56 Å². The summed E-state index contributed by atoms with van der Waals surface area (Å²) in [5, 5.41) is 0. The molecule has 0 heterocycles. The van der Waals surface area contributed by atoms with Crippen molar-refractivity contribution in [2.24, 2.45) is 0 Å². The summed E-state index contributed by atoms with van der Waals surface area (Å²) in [7, 11) is -0.424. The highest BCUT2D eigenvalue weighted by atomic mass is 31.2. The van der Waals surface area contributed by atoms with Gasteiger partial charge in [0.1, 0.15) is 5.75 Å². The van der Waals surface area contributed by atoms with Crippen molar-refractivity contribution in [3.05, 3.63) is 28.8 Å². The van der Waals surface area contributed by atoms with Crippen molar-refractivity contribution in [1.29, 1.82) is 0 Å². The van der Waals surface area contributed by atoms with Gasteiger partial charge in [0.2, 0.25) is 0 Å². The van der Waals surface area contributed by atoms with Gasteiger partial charge in [-0.15, -0.1) is 0 Å². The van der Waals surface area contributed by atoms with Crippen molar-refractivity contribution < 1.29 is 13.9 Å². The predicted octanol–water partition coefficient (Wildman–Crippen LogP) is 4.83. The molecule has 20 heavy (non-hydrogen) atoms. The molecule has 0 amide bonds. The van der Waals surface area contributed by atoms with Gasteiger partial charge in [-0.1, -0.05) is 47.6 Å². The van der Waals surface area contributed by atoms with Gasteiger partial charge in [0.25, 0.3) is 0 Å². The molecule has 0 spiro atoms. The number of hydrogen-bond donors (Lipinski definition) is 1. The average molecular weight is 298 g/mol. The maximum Gasteiger partial charge on any atom is 0.394 e. The van der Waals surface area contributed by atoms with Gasteiger partial charge in [0.05, 0.1) is 0 Å². The van der Waals surface area contributed by atoms with Crippen LogP contribution in [0.1, 0.15) is 58.2 Å². The topological polar surface area (TPSA) is 38.7 Å². The lowest BCUT2D eigenvalue weighted by atomic mass is 9.78. The third-order valence-electron chi connectivity index (χ3n) is 3.37. The molecule has 1 rings (SSSR count). The van der Waals surface area contributed by atoms with E-state index < -0.39 is 8.60 Å². The normalized spacial score (nSPS) is 14.2. The Morgan fingerprint density at radius 2 is 1.55 bits per heavy atom. The minimum absolute atomic E-state index is 0.0226. The average Bonchev–Trinajstić information content (AvgIpc) is 2.28. The number of rotatable bonds is 3. The monoisotopic (exact) mass is 298 g/mol. The van der Waals surface area contributed by atoms with Gasteiger partial charge in [0.15, 0.2) is 0 Å². The van der Waals surface area contributed by atoms with Crippen LogP contribution in [-0.4, -0.2) is 12.0 Å². The van der Waals surface area contributed by atoms with Crippen LogP contribution in [0, 0.1) is 6.92 Å². The van der Waals surface area contributed by atoms with Crippen LogP contribution in [0.2, 0.25) is 0 Å². The van der Waals surface area contributed by atoms with E-state index in [1.54, 1.807) is 0 Å². The minimum atomic E-state index is -1.87. The summed E-state index contributed by atoms with van der Waals surface area (Å²) in [5.41, 5.74) is 3.54. The molecule has 0 saturated heterocycles. The Morgan fingerprint density at radius 3 is 1.95 bits per heavy atom. The van der Waals surface area contributed by atoms with E-state index in [0.29, 0.717) is 5.75 Å². The van der Waals surface area contributed by atoms with Crippen molar-refractivity contribution in [3.8, 4) is 5.75 Å². The number of hydrogen-bond acceptors (Lipinski definition) is 3. The fourth-order valence-corrected chi connectivity index (χ4v) is 2.55. The summed E-state index contributed by atoms with van der Waals surface area (Å²) in [6, 6.07) is 4.25. The van der Waals surface area contributed by atoms with Crippen molar-refractivity contribution in [2.75, 3.05) is 7.11 Å². The van der Waals surface area contributed by atoms with Gasteiger partial charge in [-0.05, 0) is 40.5 Å². The van der Waals surface area contributed by atoms with Crippen molar-refractivity contribution in [3.63, 3.8) is 0 Å². The van der Waals surface area contributed by atoms with E-state index in [1.807, 2.05) is 13.0 Å². The van der Waals surface area contributed by atoms with Crippen LogP contribution < -0.4 is 4.52 Å². The van der Waals surface area contributed by atoms with Crippen molar-refractivity contribution in [2.45, 2.75) is 59.3 Å². The molecule has 0 radical (unpaired) electrons. The lowest BCUT2D eigenvalue weighted by Gasteiger charge is -2.28. The SMILES string of the molecule is COP(O)Oc1cc(C(C)(C)C)cc(C(C)(C)C)c1C. The van der Waals surface area contributed by atoms with Crippen LogP contribution >= 0.6 is 8.60 Å². The summed E-state index contributed by atoms with van der Waals surface area (Å²) in [4.78, 5) is 9.64. The molecule has 1 aromatic carbocycles. The van der Waals surface area contributed by atoms with E-state index in [9.17, 15) is 4.89 Å². The first-order valence-corrected chi connectivity index (χ1v) is 7.96. The van der Waals surface area contributed by atoms with Gasteiger partial charge in [-0.25, -0.2) is 0 Å². The molecule has 1 aromatic rings. The summed E-state index contributed by atoms with van der Waals surface area (Å²) < 4.78 is 10.4. The summed E-state index contributed by atoms with van der Waals surface area (Å²) in [6.45, 7) is 15.1. The van der Waals surface area contributed by atoms with Gasteiger partial charge in [0, 0.05) is 7.11 Å². The molecule has 0 aliphatic heterocycles. The van der Waals surface area contributed by atoms with Crippen LogP contribution in [0.5, 0.6) is 5.75 Å². The van der Waals surface area contributed by atoms with E-state index in [2.05, 4.69) is 47.6 Å². The van der Waals surface area contributed by atoms with Crippen LogP contribution in [0.25, 0.3) is 0 Å². The Balaban J connectivity index is 3.43. The molecule has 0 fully saturated rings. The van der Waals surface area contributed by atoms with E-state index in [-0.39, 0.29) is 10.8 Å². The van der Waals surface area contributed by atoms with E-state index in [4.69, 9.17) is 9.05 Å². The molecule has 1 unspecified atom stereocenters. The van der Waals surface area contributed by atoms with E-state index in [1.165, 1.54) is 18.2 Å². The lowest BCUT2D eigenvalue weighted by Crippen LogP contribution is -2.18. The maximum absolute atomic E-state index is 9.64. The van der Waals surface area contributed by atoms with Gasteiger partial charge in [-0.3, -0.25) is 0 Å². The molecule has 1 N–H and O–H groups in total. The lowest BCUT2D eigenvalue weighted by molar-refractivity contribution is 0.315. The molecule has 114 valence electrons. The third-order valence-corrected chi connectivity index (χ3v) is 4.03. The van der Waals surface area contributed by atoms with Crippen molar-refractivity contribution in [1.82, 2.24) is 0 Å². The fraction of sp³-hybridized carbons (Fsp3) is 0.625. The Bertz CT molecular complexity index is 470. The third kappa shape index (κ3) is 4.18. The first-order chi connectivity index (χ1) is 8.96. The van der Waals surface area contributed by atoms with Gasteiger partial charge < -0.3 is 13.9 Å². The second-order valence-corrected chi connectivity index (χ2v) is 8.18. The van der Waals surface area contributed by atoms with Crippen molar-refractivity contribution >= 4 is 8.60 Å². The minimum Gasteiger partial charge on any atom is -0.427 e. The molecule has 3 nitrogen and oxygen atoms in total. The second kappa shape index (κ2) is 6.01. The highest BCUT2D eigenvalue weighted by molar-refractivity contribution is 7.41. The Labute approximate surface area is 124 Å². The molecule has 0 aliphatic rings. The highest BCUT2D eigenvalue weighted by Crippen LogP contribution is 2.41. The molecule has 0 bridgehead atoms. The fourth-order valence-electron chi connectivity index (χ4n) is 2.12. The predicted molar refractivity (Wildman–Crippen MR) is 85.4 cm³/mol. The molecule has 4 heteroatoms. The Morgan fingerprint density at radius 1 is 1.00 bits per heavy atom. The van der Waals surface area contributed by atoms with Gasteiger partial charge in [-0.2, -0.15) is 0 Å². The zero-order valence-corrected chi connectivity index (χ0v) is 14.8. The van der Waals surface area contributed by atoms with Crippen LogP contribution in [0.4, 0.5) is 0 Å². The first kappa shape index (κ1) is 17.4. The van der Waals surface area contributed by atoms with Crippen LogP contribution in [0.15, 0.2) is 12.1 Å². The molecular weight excluding hydrogens is 271 g/mol. The molecule has 1 atom stereocenters. The summed E-state index contributed by atoms with van der Waals surface area (Å²) in [5.74, 6) is 0.706. The standard InChI is InChI=1S/C16H27O3P/c1-11-13(16(5,6)7)9-12(15(2,3)4)10-14(11)19-20(17)18-8/h9-10,17H,1-8H3. The maximum atomic E-state index is 9.64. The zero-order chi connectivity index (χ0) is 15.7. The Hall–Kier alpha value is -0.630. The van der Waals surface area contributed by atoms with Gasteiger partial charge >= 0.3 is 8.60 Å². The smallest absolute Gasteiger partial charge is 0.394 e. The first-order valence-electron chi connectivity index (χ1n) is 6.83. The molecular formula is C16H27O3P. The molecule has 0 aliphatic carbocycles. The zero-order valence-electron chi connectivity index (χ0n) is 13.9. The number of benzene rings is 1. The molecule has 0 aromatic heterocycles. The quantitative estimate of drug-likeness (QED) is 0.812. The van der Waals surface area contributed by atoms with Crippen LogP contribution in [0.3, 0.4) is 0 Å². The van der Waals surface area contributed by atoms with E-state index >= 15 is 0 Å². The summed E-state index contributed by atoms with van der Waals surface area (Å²) >= 11 is 0. The largest absolute Gasteiger partial charge is 0.427 e. The summed E-state index contributed by atoms with van der Waals surface area (Å²) in [6.07, 6.45) is 0. The molecule has 0 saturated carbocycles. The Kier molecular flexibility index (Phi) is 5.23. The highest BCUT2D eigenvalue weighted by Gasteiger charge is 2.24.